The smallest absolute Gasteiger partial charge is 0.245 e. The van der Waals surface area contributed by atoms with E-state index in [1.807, 2.05) is 42.5 Å². The highest BCUT2D eigenvalue weighted by Gasteiger charge is 2.45. The van der Waals surface area contributed by atoms with E-state index in [0.29, 0.717) is 23.2 Å². The Morgan fingerprint density at radius 2 is 1.26 bits per heavy atom. The molecule has 0 bridgehead atoms. The molecule has 10 nitrogen and oxygen atoms in total. The number of amides is 2. The predicted molar refractivity (Wildman–Crippen MR) is 205 cm³/mol. The van der Waals surface area contributed by atoms with E-state index >= 15 is 0 Å². The minimum Gasteiger partial charge on any atom is -0.497 e. The van der Waals surface area contributed by atoms with Crippen molar-refractivity contribution in [1.82, 2.24) is 4.98 Å². The Morgan fingerprint density at radius 1 is 0.667 bits per heavy atom. The summed E-state index contributed by atoms with van der Waals surface area (Å²) >= 11 is 0. The molecule has 0 unspecified atom stereocenters. The third-order valence-corrected chi connectivity index (χ3v) is 13.7. The zero-order valence-corrected chi connectivity index (χ0v) is 31.6. The van der Waals surface area contributed by atoms with Gasteiger partial charge < -0.3 is 15.4 Å². The van der Waals surface area contributed by atoms with Gasteiger partial charge in [0.15, 0.2) is 19.7 Å². The summed E-state index contributed by atoms with van der Waals surface area (Å²) in [6.07, 6.45) is 1.51. The van der Waals surface area contributed by atoms with Crippen LogP contribution in [0.5, 0.6) is 5.75 Å². The molecule has 0 aliphatic heterocycles. The summed E-state index contributed by atoms with van der Waals surface area (Å²) < 4.78 is 80.2. The molecular formula is C40H37F2N3O7S2. The number of fused-ring (bicyclic) bond motifs is 2. The number of rotatable bonds is 9. The number of carbonyl (C=O) groups excluding carboxylic acids is 2. The normalized spacial score (nSPS) is 12.1. The molecule has 1 heterocycles. The monoisotopic (exact) mass is 773 g/mol. The van der Waals surface area contributed by atoms with Gasteiger partial charge in [0.05, 0.1) is 29.4 Å². The van der Waals surface area contributed by atoms with E-state index in [1.165, 1.54) is 53.1 Å². The summed E-state index contributed by atoms with van der Waals surface area (Å²) in [7, 11) is -6.83. The molecule has 2 N–H and O–H groups in total. The number of carbonyl (C=O) groups is 2. The molecule has 0 saturated carbocycles. The molecule has 0 radical (unpaired) electrons. The van der Waals surface area contributed by atoms with Gasteiger partial charge in [0.25, 0.3) is 0 Å². The Bertz CT molecular complexity index is 2590. The number of ether oxygens (including phenoxy) is 1. The van der Waals surface area contributed by atoms with E-state index in [4.69, 9.17) is 4.74 Å². The van der Waals surface area contributed by atoms with Crippen molar-refractivity contribution in [2.45, 2.75) is 47.0 Å². The number of methoxy groups -OCH3 is 1. The highest BCUT2D eigenvalue weighted by Crippen LogP contribution is 2.32. The number of nitrogens with one attached hydrogen (secondary N) is 2. The summed E-state index contributed by atoms with van der Waals surface area (Å²) in [6.45, 7) is 5.14. The third kappa shape index (κ3) is 7.80. The van der Waals surface area contributed by atoms with Gasteiger partial charge in [-0.25, -0.2) is 25.6 Å². The van der Waals surface area contributed by atoms with Crippen molar-refractivity contribution in [3.63, 3.8) is 0 Å². The number of halogens is 2. The summed E-state index contributed by atoms with van der Waals surface area (Å²) in [5, 5.41) is 7.76. The van der Waals surface area contributed by atoms with E-state index in [1.54, 1.807) is 42.5 Å². The summed E-state index contributed by atoms with van der Waals surface area (Å²) in [6, 6.07) is 29.9. The number of aromatic nitrogens is 1. The number of pyridine rings is 1. The molecule has 2 amide bonds. The number of anilines is 2. The van der Waals surface area contributed by atoms with Crippen LogP contribution in [0, 0.1) is 11.6 Å². The first kappa shape index (κ1) is 39.5. The van der Waals surface area contributed by atoms with Crippen LogP contribution < -0.4 is 15.4 Å². The zero-order valence-electron chi connectivity index (χ0n) is 29.9. The average molecular weight is 774 g/mol. The average Bonchev–Trinajstić information content (AvgIpc) is 3.14. The van der Waals surface area contributed by atoms with Crippen LogP contribution in [-0.4, -0.2) is 50.2 Å². The third-order valence-electron chi connectivity index (χ3n) is 8.88. The second-order valence-electron chi connectivity index (χ2n) is 13.1. The number of hydrogen-bond donors (Lipinski definition) is 2. The maximum atomic E-state index is 14.0. The summed E-state index contributed by atoms with van der Waals surface area (Å²) in [5.41, 5.74) is 1.68. The highest BCUT2D eigenvalue weighted by molar-refractivity contribution is 7.94. The Balaban J connectivity index is 0.000000208. The minimum atomic E-state index is -4.41. The Labute approximate surface area is 312 Å². The van der Waals surface area contributed by atoms with Gasteiger partial charge in [-0.1, -0.05) is 54.6 Å². The first-order valence-electron chi connectivity index (χ1n) is 16.4. The van der Waals surface area contributed by atoms with Crippen molar-refractivity contribution in [2.75, 3.05) is 17.7 Å². The zero-order chi connectivity index (χ0) is 39.5. The lowest BCUT2D eigenvalue weighted by atomic mass is 10.1. The van der Waals surface area contributed by atoms with Crippen molar-refractivity contribution >= 4 is 64.5 Å². The summed E-state index contributed by atoms with van der Waals surface area (Å²) in [4.78, 5) is 29.2. The minimum absolute atomic E-state index is 0.0556. The molecule has 0 atom stereocenters. The molecule has 1 aromatic heterocycles. The molecule has 0 spiro atoms. The largest absolute Gasteiger partial charge is 0.497 e. The van der Waals surface area contributed by atoms with E-state index in [2.05, 4.69) is 15.6 Å². The topological polar surface area (TPSA) is 149 Å². The van der Waals surface area contributed by atoms with E-state index in [0.717, 1.165) is 33.8 Å². The van der Waals surface area contributed by atoms with E-state index < -0.39 is 57.5 Å². The Kier molecular flexibility index (Phi) is 11.2. The van der Waals surface area contributed by atoms with Crippen LogP contribution in [0.4, 0.5) is 20.2 Å². The van der Waals surface area contributed by atoms with Crippen LogP contribution >= 0.6 is 0 Å². The van der Waals surface area contributed by atoms with Gasteiger partial charge in [-0.15, -0.1) is 0 Å². The van der Waals surface area contributed by atoms with Crippen molar-refractivity contribution < 1.29 is 39.9 Å². The maximum Gasteiger partial charge on any atom is 0.245 e. The van der Waals surface area contributed by atoms with Crippen LogP contribution in [0.15, 0.2) is 131 Å². The first-order chi connectivity index (χ1) is 25.4. The standard InChI is InChI=1S/C20H17F2NO3S.C20H20N2O4S/c1-20(2,27(25,26)18-11-10-14(21)12-16(18)22)19(24)23-17-9-5-7-13-6-3-4-8-15(13)17;1-20(2,27(24,25)17-10-8-16(26-3)9-11-17)19(23)22-15-12-14-6-4-5-7-18(14)21-13-15/h3-12H,1-2H3,(H,23,24);4-13H,1-3H3,(H,22,23). The van der Waals surface area contributed by atoms with Gasteiger partial charge in [-0.05, 0) is 87.7 Å². The van der Waals surface area contributed by atoms with Crippen molar-refractivity contribution in [2.24, 2.45) is 0 Å². The highest BCUT2D eigenvalue weighted by atomic mass is 32.2. The van der Waals surface area contributed by atoms with Gasteiger partial charge >= 0.3 is 0 Å². The molecule has 6 rings (SSSR count). The summed E-state index contributed by atoms with van der Waals surface area (Å²) in [5.74, 6) is -3.04. The number of benzene rings is 5. The SMILES string of the molecule is CC(C)(C(=O)Nc1cccc2ccccc12)S(=O)(=O)c1ccc(F)cc1F.COc1ccc(S(=O)(=O)C(C)(C)C(=O)Nc2cnc3ccccc3c2)cc1. The van der Waals surface area contributed by atoms with Gasteiger partial charge in [-0.3, -0.25) is 14.6 Å². The first-order valence-corrected chi connectivity index (χ1v) is 19.4. The van der Waals surface area contributed by atoms with Gasteiger partial charge in [0.1, 0.15) is 31.8 Å². The second kappa shape index (κ2) is 15.3. The Hall–Kier alpha value is -5.73. The maximum absolute atomic E-state index is 14.0. The van der Waals surface area contributed by atoms with Crippen LogP contribution in [0.25, 0.3) is 21.7 Å². The lowest BCUT2D eigenvalue weighted by molar-refractivity contribution is -0.118. The number of para-hydroxylation sites is 1. The van der Waals surface area contributed by atoms with Crippen LogP contribution in [0.2, 0.25) is 0 Å². The molecule has 0 aliphatic carbocycles. The number of sulfone groups is 2. The van der Waals surface area contributed by atoms with Crippen molar-refractivity contribution in [1.29, 1.82) is 0 Å². The van der Waals surface area contributed by atoms with Gasteiger partial charge in [0, 0.05) is 22.5 Å². The Morgan fingerprint density at radius 3 is 1.93 bits per heavy atom. The molecule has 0 fully saturated rings. The van der Waals surface area contributed by atoms with Gasteiger partial charge in [0.2, 0.25) is 11.8 Å². The molecule has 6 aromatic rings. The van der Waals surface area contributed by atoms with Crippen LogP contribution in [0.3, 0.4) is 0 Å². The predicted octanol–water partition coefficient (Wildman–Crippen LogP) is 7.74. The molecule has 280 valence electrons. The molecule has 5 aromatic carbocycles. The fourth-order valence-corrected chi connectivity index (χ4v) is 8.08. The van der Waals surface area contributed by atoms with Crippen molar-refractivity contribution in [3.8, 4) is 5.75 Å². The number of hydrogen-bond acceptors (Lipinski definition) is 8. The fourth-order valence-electron chi connectivity index (χ4n) is 5.29. The van der Waals surface area contributed by atoms with E-state index in [9.17, 15) is 35.2 Å². The number of nitrogens with zero attached hydrogens (tertiary/aromatic N) is 1. The molecular weight excluding hydrogens is 737 g/mol. The quantitative estimate of drug-likeness (QED) is 0.142. The lowest BCUT2D eigenvalue weighted by Gasteiger charge is -2.24. The molecule has 0 aliphatic rings. The lowest BCUT2D eigenvalue weighted by Crippen LogP contribution is -2.44. The fraction of sp³-hybridized carbons (Fsp3) is 0.175. The van der Waals surface area contributed by atoms with Crippen molar-refractivity contribution in [3.05, 3.63) is 133 Å². The van der Waals surface area contributed by atoms with Gasteiger partial charge in [-0.2, -0.15) is 0 Å². The molecule has 54 heavy (non-hydrogen) atoms. The van der Waals surface area contributed by atoms with E-state index in [-0.39, 0.29) is 4.90 Å². The van der Waals surface area contributed by atoms with Crippen LogP contribution in [0.1, 0.15) is 27.7 Å². The molecule has 0 saturated heterocycles. The second-order valence-corrected chi connectivity index (χ2v) is 18.1. The van der Waals surface area contributed by atoms with Crippen LogP contribution in [-0.2, 0) is 29.3 Å². The molecule has 14 heteroatoms.